The minimum absolute atomic E-state index is 0.0120. The Labute approximate surface area is 120 Å². The van der Waals surface area contributed by atoms with Crippen LogP contribution in [0.25, 0.3) is 22.3 Å². The SMILES string of the molecule is COc1cc2nc(-c3ccccc3)nc(Cl)c2cc1O. The number of ether oxygens (including phenoxy) is 1. The summed E-state index contributed by atoms with van der Waals surface area (Å²) < 4.78 is 5.09. The van der Waals surface area contributed by atoms with Gasteiger partial charge in [-0.1, -0.05) is 41.9 Å². The van der Waals surface area contributed by atoms with Gasteiger partial charge in [-0.25, -0.2) is 9.97 Å². The number of rotatable bonds is 2. The highest BCUT2D eigenvalue weighted by Crippen LogP contribution is 2.34. The van der Waals surface area contributed by atoms with Gasteiger partial charge in [0.05, 0.1) is 12.6 Å². The fraction of sp³-hybridized carbons (Fsp3) is 0.0667. The number of methoxy groups -OCH3 is 1. The Balaban J connectivity index is 2.25. The van der Waals surface area contributed by atoms with E-state index in [0.717, 1.165) is 5.56 Å². The van der Waals surface area contributed by atoms with Crippen molar-refractivity contribution in [2.75, 3.05) is 7.11 Å². The molecule has 0 unspecified atom stereocenters. The van der Waals surface area contributed by atoms with E-state index >= 15 is 0 Å². The average Bonchev–Trinajstić information content (AvgIpc) is 2.48. The van der Waals surface area contributed by atoms with Gasteiger partial charge < -0.3 is 9.84 Å². The van der Waals surface area contributed by atoms with Crippen LogP contribution in [0.5, 0.6) is 11.5 Å². The zero-order chi connectivity index (χ0) is 14.1. The number of benzene rings is 2. The van der Waals surface area contributed by atoms with Gasteiger partial charge in [0.15, 0.2) is 17.3 Å². The lowest BCUT2D eigenvalue weighted by Gasteiger charge is -2.08. The number of nitrogens with zero attached hydrogens (tertiary/aromatic N) is 2. The Morgan fingerprint density at radius 1 is 1.10 bits per heavy atom. The van der Waals surface area contributed by atoms with Crippen LogP contribution in [0.4, 0.5) is 0 Å². The van der Waals surface area contributed by atoms with E-state index in [2.05, 4.69) is 9.97 Å². The number of aromatic hydroxyl groups is 1. The van der Waals surface area contributed by atoms with Crippen molar-refractivity contribution >= 4 is 22.5 Å². The van der Waals surface area contributed by atoms with Crippen LogP contribution in [0, 0.1) is 0 Å². The molecule has 0 radical (unpaired) electrons. The Hall–Kier alpha value is -2.33. The predicted molar refractivity (Wildman–Crippen MR) is 78.2 cm³/mol. The van der Waals surface area contributed by atoms with Crippen molar-refractivity contribution in [2.45, 2.75) is 0 Å². The molecule has 0 aliphatic carbocycles. The monoisotopic (exact) mass is 286 g/mol. The van der Waals surface area contributed by atoms with Gasteiger partial charge in [-0.05, 0) is 6.07 Å². The van der Waals surface area contributed by atoms with Gasteiger partial charge in [-0.3, -0.25) is 0 Å². The number of phenolic OH excluding ortho intramolecular Hbond substituents is 1. The van der Waals surface area contributed by atoms with Crippen LogP contribution >= 0.6 is 11.6 Å². The molecule has 0 aliphatic heterocycles. The molecule has 0 bridgehead atoms. The Morgan fingerprint density at radius 2 is 1.85 bits per heavy atom. The fourth-order valence-corrected chi connectivity index (χ4v) is 2.22. The summed E-state index contributed by atoms with van der Waals surface area (Å²) in [6.45, 7) is 0. The largest absolute Gasteiger partial charge is 0.504 e. The molecule has 0 saturated heterocycles. The molecule has 3 rings (SSSR count). The van der Waals surface area contributed by atoms with E-state index in [-0.39, 0.29) is 5.75 Å². The van der Waals surface area contributed by atoms with Gasteiger partial charge in [-0.15, -0.1) is 0 Å². The first kappa shape index (κ1) is 12.7. The van der Waals surface area contributed by atoms with Crippen LogP contribution in [0.15, 0.2) is 42.5 Å². The molecule has 20 heavy (non-hydrogen) atoms. The minimum atomic E-state index is 0.0120. The van der Waals surface area contributed by atoms with Gasteiger partial charge in [0.1, 0.15) is 5.15 Å². The normalized spacial score (nSPS) is 10.7. The van der Waals surface area contributed by atoms with Crippen molar-refractivity contribution < 1.29 is 9.84 Å². The quantitative estimate of drug-likeness (QED) is 0.730. The van der Waals surface area contributed by atoms with Crippen molar-refractivity contribution in [2.24, 2.45) is 0 Å². The molecule has 100 valence electrons. The summed E-state index contributed by atoms with van der Waals surface area (Å²) in [6, 6.07) is 12.7. The number of phenols is 1. The first-order chi connectivity index (χ1) is 9.69. The Kier molecular flexibility index (Phi) is 3.16. The van der Waals surface area contributed by atoms with E-state index in [9.17, 15) is 5.11 Å². The molecule has 0 fully saturated rings. The molecule has 1 heterocycles. The summed E-state index contributed by atoms with van der Waals surface area (Å²) in [4.78, 5) is 8.74. The molecular weight excluding hydrogens is 276 g/mol. The molecule has 0 saturated carbocycles. The third-order valence-corrected chi connectivity index (χ3v) is 3.27. The Bertz CT molecular complexity index is 776. The lowest BCUT2D eigenvalue weighted by atomic mass is 10.2. The summed E-state index contributed by atoms with van der Waals surface area (Å²) in [5.74, 6) is 0.903. The second-order valence-corrected chi connectivity index (χ2v) is 4.60. The standard InChI is InChI=1S/C15H11ClN2O2/c1-20-13-8-11-10(7-12(13)19)14(16)18-15(17-11)9-5-3-2-4-6-9/h2-8,19H,1H3. The number of fused-ring (bicyclic) bond motifs is 1. The zero-order valence-corrected chi connectivity index (χ0v) is 11.4. The van der Waals surface area contributed by atoms with Crippen molar-refractivity contribution in [1.29, 1.82) is 0 Å². The summed E-state index contributed by atoms with van der Waals surface area (Å²) in [6.07, 6.45) is 0. The maximum Gasteiger partial charge on any atom is 0.162 e. The van der Waals surface area contributed by atoms with Crippen LogP contribution in [-0.4, -0.2) is 22.2 Å². The molecule has 2 aromatic carbocycles. The molecular formula is C15H11ClN2O2. The third-order valence-electron chi connectivity index (χ3n) is 2.98. The van der Waals surface area contributed by atoms with E-state index in [1.54, 1.807) is 6.07 Å². The number of hydrogen-bond acceptors (Lipinski definition) is 4. The highest BCUT2D eigenvalue weighted by atomic mass is 35.5. The molecule has 1 N–H and O–H groups in total. The summed E-state index contributed by atoms with van der Waals surface area (Å²) >= 11 is 6.18. The van der Waals surface area contributed by atoms with Crippen molar-refractivity contribution in [3.05, 3.63) is 47.6 Å². The van der Waals surface area contributed by atoms with E-state index in [0.29, 0.717) is 27.6 Å². The maximum absolute atomic E-state index is 9.78. The van der Waals surface area contributed by atoms with E-state index in [4.69, 9.17) is 16.3 Å². The molecule has 4 nitrogen and oxygen atoms in total. The minimum Gasteiger partial charge on any atom is -0.504 e. The fourth-order valence-electron chi connectivity index (χ4n) is 1.99. The van der Waals surface area contributed by atoms with E-state index in [1.807, 2.05) is 30.3 Å². The average molecular weight is 287 g/mol. The predicted octanol–water partition coefficient (Wildman–Crippen LogP) is 3.66. The highest BCUT2D eigenvalue weighted by molar-refractivity contribution is 6.34. The van der Waals surface area contributed by atoms with Gasteiger partial charge in [0.2, 0.25) is 0 Å². The van der Waals surface area contributed by atoms with Crippen LogP contribution in [0.1, 0.15) is 0 Å². The summed E-state index contributed by atoms with van der Waals surface area (Å²) in [5.41, 5.74) is 1.50. The second-order valence-electron chi connectivity index (χ2n) is 4.25. The van der Waals surface area contributed by atoms with Gasteiger partial charge >= 0.3 is 0 Å². The first-order valence-corrected chi connectivity index (χ1v) is 6.36. The van der Waals surface area contributed by atoms with Crippen LogP contribution < -0.4 is 4.74 Å². The highest BCUT2D eigenvalue weighted by Gasteiger charge is 2.11. The smallest absolute Gasteiger partial charge is 0.162 e. The van der Waals surface area contributed by atoms with E-state index < -0.39 is 0 Å². The zero-order valence-electron chi connectivity index (χ0n) is 10.7. The molecule has 3 aromatic rings. The van der Waals surface area contributed by atoms with Crippen molar-refractivity contribution in [1.82, 2.24) is 9.97 Å². The van der Waals surface area contributed by atoms with Gasteiger partial charge in [0.25, 0.3) is 0 Å². The van der Waals surface area contributed by atoms with Crippen molar-refractivity contribution in [3.63, 3.8) is 0 Å². The number of halogens is 1. The summed E-state index contributed by atoms with van der Waals surface area (Å²) in [5, 5.41) is 10.7. The topological polar surface area (TPSA) is 55.2 Å². The molecule has 0 spiro atoms. The van der Waals surface area contributed by atoms with Crippen LogP contribution in [0.3, 0.4) is 0 Å². The van der Waals surface area contributed by atoms with Crippen LogP contribution in [-0.2, 0) is 0 Å². The van der Waals surface area contributed by atoms with Crippen molar-refractivity contribution in [3.8, 4) is 22.9 Å². The lowest BCUT2D eigenvalue weighted by Crippen LogP contribution is -1.93. The maximum atomic E-state index is 9.78. The molecule has 0 atom stereocenters. The summed E-state index contributed by atoms with van der Waals surface area (Å²) in [7, 11) is 1.49. The Morgan fingerprint density at radius 3 is 2.55 bits per heavy atom. The molecule has 0 amide bonds. The first-order valence-electron chi connectivity index (χ1n) is 5.98. The lowest BCUT2D eigenvalue weighted by molar-refractivity contribution is 0.374. The molecule has 1 aromatic heterocycles. The second kappa shape index (κ2) is 4.98. The number of aromatic nitrogens is 2. The third kappa shape index (κ3) is 2.14. The number of hydrogen-bond donors (Lipinski definition) is 1. The van der Waals surface area contributed by atoms with Gasteiger partial charge in [0, 0.05) is 17.0 Å². The van der Waals surface area contributed by atoms with Crippen LogP contribution in [0.2, 0.25) is 5.15 Å². The van der Waals surface area contributed by atoms with E-state index in [1.165, 1.54) is 13.2 Å². The van der Waals surface area contributed by atoms with Gasteiger partial charge in [-0.2, -0.15) is 0 Å². The molecule has 5 heteroatoms. The molecule has 0 aliphatic rings.